The van der Waals surface area contributed by atoms with Gasteiger partial charge in [0.2, 0.25) is 5.88 Å². The number of benzene rings is 1. The maximum atomic E-state index is 12.0. The molecule has 0 unspecified atom stereocenters. The molecule has 23 heavy (non-hydrogen) atoms. The molecule has 2 aromatic rings. The van der Waals surface area contributed by atoms with Gasteiger partial charge in [0, 0.05) is 0 Å². The fraction of sp³-hybridized carbons (Fsp3) is 0.286. The van der Waals surface area contributed by atoms with E-state index >= 15 is 0 Å². The number of carbonyl (C=O) groups is 1. The molecule has 9 heteroatoms. The number of carbonyl (C=O) groups excluding carboxylic acids is 1. The first-order chi connectivity index (χ1) is 10.6. The summed E-state index contributed by atoms with van der Waals surface area (Å²) < 4.78 is 38.6. The number of nitrogens with zero attached hydrogens (tertiary/aromatic N) is 1. The lowest BCUT2D eigenvalue weighted by atomic mass is 10.2. The number of alkyl halides is 2. The Morgan fingerprint density at radius 1 is 1.30 bits per heavy atom. The minimum Gasteiger partial charge on any atom is -0.472 e. The van der Waals surface area contributed by atoms with E-state index in [4.69, 9.17) is 9.47 Å². The summed E-state index contributed by atoms with van der Waals surface area (Å²) in [5, 5.41) is 6.29. The molecule has 1 N–H and O–H groups in total. The Morgan fingerprint density at radius 3 is 2.61 bits per heavy atom. The molecule has 6 nitrogen and oxygen atoms in total. The normalized spacial score (nSPS) is 10.1. The van der Waals surface area contributed by atoms with Crippen molar-refractivity contribution in [2.45, 2.75) is 20.1 Å². The van der Waals surface area contributed by atoms with Crippen molar-refractivity contribution in [2.75, 3.05) is 6.61 Å². The smallest absolute Gasteiger partial charge is 0.387 e. The number of hydrogen-bond donors (Lipinski definition) is 1. The largest absolute Gasteiger partial charge is 0.472 e. The molecule has 0 fully saturated rings. The molecule has 2 rings (SSSR count). The van der Waals surface area contributed by atoms with E-state index in [9.17, 15) is 13.6 Å². The van der Waals surface area contributed by atoms with E-state index in [1.807, 2.05) is 0 Å². The third-order valence-corrected chi connectivity index (χ3v) is 2.63. The Labute approximate surface area is 137 Å². The van der Waals surface area contributed by atoms with Crippen molar-refractivity contribution in [1.29, 1.82) is 0 Å². The van der Waals surface area contributed by atoms with Crippen LogP contribution in [0, 0.1) is 0 Å². The van der Waals surface area contributed by atoms with Gasteiger partial charge in [0.15, 0.2) is 0 Å². The van der Waals surface area contributed by atoms with E-state index in [-0.39, 0.29) is 42.8 Å². The first-order valence-electron chi connectivity index (χ1n) is 6.47. The molecular weight excluding hydrogens is 334 g/mol. The highest BCUT2D eigenvalue weighted by molar-refractivity contribution is 5.91. The number of halogens is 3. The van der Waals surface area contributed by atoms with Crippen molar-refractivity contribution in [1.82, 2.24) is 10.2 Å². The summed E-state index contributed by atoms with van der Waals surface area (Å²) in [4.78, 5) is 11.6. The van der Waals surface area contributed by atoms with E-state index in [1.54, 1.807) is 19.1 Å². The molecule has 0 bridgehead atoms. The number of esters is 1. The fourth-order valence-electron chi connectivity index (χ4n) is 1.66. The lowest BCUT2D eigenvalue weighted by Gasteiger charge is -2.08. The minimum absolute atomic E-state index is 0. The first-order valence-corrected chi connectivity index (χ1v) is 6.47. The van der Waals surface area contributed by atoms with Gasteiger partial charge in [-0.1, -0.05) is 12.1 Å². The first kappa shape index (κ1) is 18.7. The summed E-state index contributed by atoms with van der Waals surface area (Å²) in [6.45, 7) is -0.792. The van der Waals surface area contributed by atoms with Gasteiger partial charge in [-0.3, -0.25) is 0 Å². The molecule has 1 aromatic carbocycles. The number of aromatic nitrogens is 2. The number of hydrogen-bond acceptors (Lipinski definition) is 5. The van der Waals surface area contributed by atoms with Crippen LogP contribution in [-0.2, 0) is 11.3 Å². The highest BCUT2D eigenvalue weighted by atomic mass is 35.5. The monoisotopic (exact) mass is 348 g/mol. The van der Waals surface area contributed by atoms with Crippen LogP contribution >= 0.6 is 12.4 Å². The third-order valence-electron chi connectivity index (χ3n) is 2.63. The molecule has 0 saturated carbocycles. The summed E-state index contributed by atoms with van der Waals surface area (Å²) in [7, 11) is 0. The van der Waals surface area contributed by atoms with E-state index < -0.39 is 12.6 Å². The van der Waals surface area contributed by atoms with Crippen LogP contribution in [0.1, 0.15) is 22.8 Å². The molecule has 0 aliphatic rings. The second kappa shape index (κ2) is 8.94. The van der Waals surface area contributed by atoms with Crippen LogP contribution in [0.2, 0.25) is 0 Å². The van der Waals surface area contributed by atoms with Gasteiger partial charge in [0.1, 0.15) is 17.9 Å². The van der Waals surface area contributed by atoms with E-state index in [2.05, 4.69) is 14.9 Å². The van der Waals surface area contributed by atoms with Crippen molar-refractivity contribution in [3.63, 3.8) is 0 Å². The zero-order chi connectivity index (χ0) is 15.9. The summed E-state index contributed by atoms with van der Waals surface area (Å²) >= 11 is 0. The predicted molar refractivity (Wildman–Crippen MR) is 79.2 cm³/mol. The molecule has 0 aliphatic carbocycles. The second-order valence-electron chi connectivity index (χ2n) is 4.14. The van der Waals surface area contributed by atoms with Gasteiger partial charge in [0.05, 0.1) is 12.8 Å². The molecule has 1 heterocycles. The van der Waals surface area contributed by atoms with Crippen molar-refractivity contribution in [3.8, 4) is 11.6 Å². The van der Waals surface area contributed by atoms with Crippen LogP contribution in [0.3, 0.4) is 0 Å². The molecule has 126 valence electrons. The second-order valence-corrected chi connectivity index (χ2v) is 4.14. The van der Waals surface area contributed by atoms with E-state index in [0.29, 0.717) is 5.56 Å². The predicted octanol–water partition coefficient (Wildman–Crippen LogP) is 3.19. The van der Waals surface area contributed by atoms with Crippen molar-refractivity contribution in [2.24, 2.45) is 0 Å². The molecule has 0 atom stereocenters. The molecule has 1 aromatic heterocycles. The summed E-state index contributed by atoms with van der Waals surface area (Å²) in [5.41, 5.74) is 0.908. The van der Waals surface area contributed by atoms with Crippen LogP contribution < -0.4 is 9.47 Å². The lowest BCUT2D eigenvalue weighted by Crippen LogP contribution is -2.06. The maximum Gasteiger partial charge on any atom is 0.387 e. The zero-order valence-electron chi connectivity index (χ0n) is 12.1. The van der Waals surface area contributed by atoms with Gasteiger partial charge < -0.3 is 14.2 Å². The number of aromatic amines is 1. The van der Waals surface area contributed by atoms with Gasteiger partial charge in [-0.2, -0.15) is 13.9 Å². The molecule has 0 aliphatic heterocycles. The Balaban J connectivity index is 0.00000264. The van der Waals surface area contributed by atoms with Crippen LogP contribution in [-0.4, -0.2) is 29.4 Å². The molecule has 0 saturated heterocycles. The number of nitrogens with one attached hydrogen (secondary N) is 1. The van der Waals surface area contributed by atoms with Crippen LogP contribution in [0.15, 0.2) is 30.5 Å². The highest BCUT2D eigenvalue weighted by Crippen LogP contribution is 2.19. The zero-order valence-corrected chi connectivity index (χ0v) is 12.9. The van der Waals surface area contributed by atoms with Crippen molar-refractivity contribution < 1.29 is 27.8 Å². The number of rotatable bonds is 7. The Hall–Kier alpha value is -2.35. The SMILES string of the molecule is CCOC(=O)c1cn[nH]c1OCc1ccc(OC(F)F)cc1.Cl. The molecular formula is C14H15ClF2N2O4. The number of H-pyrrole nitrogens is 1. The third kappa shape index (κ3) is 5.41. The molecule has 0 radical (unpaired) electrons. The number of ether oxygens (including phenoxy) is 3. The average Bonchev–Trinajstić information content (AvgIpc) is 2.95. The van der Waals surface area contributed by atoms with Crippen LogP contribution in [0.4, 0.5) is 8.78 Å². The minimum atomic E-state index is -2.86. The van der Waals surface area contributed by atoms with Crippen LogP contribution in [0.5, 0.6) is 11.6 Å². The summed E-state index contributed by atoms with van der Waals surface area (Å²) in [6, 6.07) is 5.98. The maximum absolute atomic E-state index is 12.0. The standard InChI is InChI=1S/C14H14F2N2O4.ClH/c1-2-20-13(19)11-7-17-18-12(11)21-8-9-3-5-10(6-4-9)22-14(15)16;/h3-7,14H,2,8H2,1H3,(H,17,18);1H. The van der Waals surface area contributed by atoms with Crippen molar-refractivity contribution >= 4 is 18.4 Å². The molecule has 0 spiro atoms. The van der Waals surface area contributed by atoms with Gasteiger partial charge in [-0.05, 0) is 24.6 Å². The van der Waals surface area contributed by atoms with E-state index in [1.165, 1.54) is 18.3 Å². The average molecular weight is 349 g/mol. The van der Waals surface area contributed by atoms with Gasteiger partial charge in [0.25, 0.3) is 0 Å². The van der Waals surface area contributed by atoms with Crippen molar-refractivity contribution in [3.05, 3.63) is 41.6 Å². The Kier molecular flexibility index (Phi) is 7.27. The van der Waals surface area contributed by atoms with Gasteiger partial charge in [-0.15, -0.1) is 12.4 Å². The summed E-state index contributed by atoms with van der Waals surface area (Å²) in [6.07, 6.45) is 1.31. The lowest BCUT2D eigenvalue weighted by molar-refractivity contribution is -0.0498. The highest BCUT2D eigenvalue weighted by Gasteiger charge is 2.16. The summed E-state index contributed by atoms with van der Waals surface area (Å²) in [5.74, 6) is -0.286. The van der Waals surface area contributed by atoms with Gasteiger partial charge in [-0.25, -0.2) is 9.89 Å². The Bertz CT molecular complexity index is 619. The van der Waals surface area contributed by atoms with Crippen LogP contribution in [0.25, 0.3) is 0 Å². The fourth-order valence-corrected chi connectivity index (χ4v) is 1.66. The van der Waals surface area contributed by atoms with Gasteiger partial charge >= 0.3 is 12.6 Å². The topological polar surface area (TPSA) is 73.4 Å². The molecule has 0 amide bonds. The quantitative estimate of drug-likeness (QED) is 0.778. The Morgan fingerprint density at radius 2 is 2.00 bits per heavy atom. The van der Waals surface area contributed by atoms with E-state index in [0.717, 1.165) is 0 Å².